The summed E-state index contributed by atoms with van der Waals surface area (Å²) in [6.45, 7) is 3.34. The first-order chi connectivity index (χ1) is 10.0. The van der Waals surface area contributed by atoms with Crippen LogP contribution >= 0.6 is 0 Å². The molecule has 4 nitrogen and oxygen atoms in total. The lowest BCUT2D eigenvalue weighted by molar-refractivity contribution is -0.137. The number of halogens is 3. The molecule has 0 aliphatic carbocycles. The average molecular weight is 297 g/mol. The molecule has 1 aromatic carbocycles. The SMILES string of the molecule is FC(F)(F)c1ccc2oc(C=NN3CCNCC3)cc2c1. The van der Waals surface area contributed by atoms with Gasteiger partial charge in [-0.05, 0) is 24.3 Å². The van der Waals surface area contributed by atoms with Crippen molar-refractivity contribution in [2.75, 3.05) is 26.2 Å². The molecule has 1 aromatic heterocycles. The molecule has 0 unspecified atom stereocenters. The number of hydrogen-bond donors (Lipinski definition) is 1. The highest BCUT2D eigenvalue weighted by molar-refractivity contribution is 5.87. The highest BCUT2D eigenvalue weighted by Crippen LogP contribution is 2.32. The van der Waals surface area contributed by atoms with Crippen LogP contribution in [0.3, 0.4) is 0 Å². The van der Waals surface area contributed by atoms with Gasteiger partial charge in [0, 0.05) is 31.6 Å². The number of benzene rings is 1. The summed E-state index contributed by atoms with van der Waals surface area (Å²) in [4.78, 5) is 0. The molecule has 0 spiro atoms. The monoisotopic (exact) mass is 297 g/mol. The molecule has 1 aliphatic heterocycles. The zero-order valence-corrected chi connectivity index (χ0v) is 11.2. The largest absolute Gasteiger partial charge is 0.455 e. The van der Waals surface area contributed by atoms with Crippen LogP contribution in [0.15, 0.2) is 33.8 Å². The molecular weight excluding hydrogens is 283 g/mol. The lowest BCUT2D eigenvalue weighted by Crippen LogP contribution is -2.40. The van der Waals surface area contributed by atoms with E-state index in [9.17, 15) is 13.2 Å². The van der Waals surface area contributed by atoms with E-state index in [1.807, 2.05) is 5.01 Å². The Kier molecular flexibility index (Phi) is 3.59. The second-order valence-electron chi connectivity index (χ2n) is 4.85. The third kappa shape index (κ3) is 3.18. The summed E-state index contributed by atoms with van der Waals surface area (Å²) in [7, 11) is 0. The Bertz CT molecular complexity index is 657. The Morgan fingerprint density at radius 1 is 1.19 bits per heavy atom. The van der Waals surface area contributed by atoms with Crippen LogP contribution < -0.4 is 5.32 Å². The van der Waals surface area contributed by atoms with Crippen molar-refractivity contribution < 1.29 is 17.6 Å². The second kappa shape index (κ2) is 5.40. The summed E-state index contributed by atoms with van der Waals surface area (Å²) in [5.74, 6) is 0.447. The van der Waals surface area contributed by atoms with Gasteiger partial charge in [-0.2, -0.15) is 18.3 Å². The van der Waals surface area contributed by atoms with E-state index in [0.29, 0.717) is 16.7 Å². The van der Waals surface area contributed by atoms with E-state index in [-0.39, 0.29) is 0 Å². The molecule has 0 bridgehead atoms. The lowest BCUT2D eigenvalue weighted by Gasteiger charge is -2.23. The summed E-state index contributed by atoms with van der Waals surface area (Å²) >= 11 is 0. The van der Waals surface area contributed by atoms with E-state index < -0.39 is 11.7 Å². The third-order valence-electron chi connectivity index (χ3n) is 3.30. The number of furan rings is 1. The van der Waals surface area contributed by atoms with Gasteiger partial charge in [0.25, 0.3) is 0 Å². The first-order valence-corrected chi connectivity index (χ1v) is 6.63. The number of fused-ring (bicyclic) bond motifs is 1. The minimum absolute atomic E-state index is 0.421. The predicted octanol–water partition coefficient (Wildman–Crippen LogP) is 2.69. The molecule has 0 radical (unpaired) electrons. The van der Waals surface area contributed by atoms with E-state index in [4.69, 9.17) is 4.42 Å². The highest BCUT2D eigenvalue weighted by atomic mass is 19.4. The van der Waals surface area contributed by atoms with Gasteiger partial charge in [0.2, 0.25) is 0 Å². The van der Waals surface area contributed by atoms with E-state index in [0.717, 1.165) is 38.3 Å². The van der Waals surface area contributed by atoms with E-state index in [2.05, 4.69) is 10.4 Å². The van der Waals surface area contributed by atoms with Crippen molar-refractivity contribution in [1.82, 2.24) is 10.3 Å². The van der Waals surface area contributed by atoms with E-state index >= 15 is 0 Å². The zero-order valence-electron chi connectivity index (χ0n) is 11.2. The fourth-order valence-electron chi connectivity index (χ4n) is 2.21. The first kappa shape index (κ1) is 13.9. The maximum Gasteiger partial charge on any atom is 0.416 e. The normalized spacial score (nSPS) is 17.0. The fraction of sp³-hybridized carbons (Fsp3) is 0.357. The molecule has 0 saturated carbocycles. The predicted molar refractivity (Wildman–Crippen MR) is 73.3 cm³/mol. The van der Waals surface area contributed by atoms with Crippen LogP contribution in [0.1, 0.15) is 11.3 Å². The van der Waals surface area contributed by atoms with Crippen molar-refractivity contribution in [3.8, 4) is 0 Å². The molecule has 2 aromatic rings. The molecule has 0 atom stereocenters. The van der Waals surface area contributed by atoms with E-state index in [1.165, 1.54) is 6.07 Å². The second-order valence-corrected chi connectivity index (χ2v) is 4.85. The maximum absolute atomic E-state index is 12.6. The summed E-state index contributed by atoms with van der Waals surface area (Å²) in [6.07, 6.45) is -2.81. The van der Waals surface area contributed by atoms with Gasteiger partial charge >= 0.3 is 6.18 Å². The standard InChI is InChI=1S/C14H14F3N3O/c15-14(16,17)11-1-2-13-10(7-11)8-12(21-13)9-19-20-5-3-18-4-6-20/h1-2,7-9,18H,3-6H2. The number of alkyl halides is 3. The topological polar surface area (TPSA) is 40.8 Å². The maximum atomic E-state index is 12.6. The van der Waals surface area contributed by atoms with Crippen LogP contribution in [0.5, 0.6) is 0 Å². The molecule has 1 N–H and O–H groups in total. The Labute approximate surface area is 119 Å². The van der Waals surface area contributed by atoms with Gasteiger partial charge in [-0.3, -0.25) is 5.01 Å². The zero-order chi connectivity index (χ0) is 14.9. The Morgan fingerprint density at radius 3 is 2.67 bits per heavy atom. The molecule has 2 heterocycles. The third-order valence-corrected chi connectivity index (χ3v) is 3.30. The summed E-state index contributed by atoms with van der Waals surface area (Å²) in [5.41, 5.74) is -0.258. The van der Waals surface area contributed by atoms with Gasteiger partial charge in [0.1, 0.15) is 11.3 Å². The summed E-state index contributed by atoms with van der Waals surface area (Å²) < 4.78 is 43.4. The van der Waals surface area contributed by atoms with Crippen LogP contribution in [-0.4, -0.2) is 37.4 Å². The Hall–Kier alpha value is -2.02. The van der Waals surface area contributed by atoms with Crippen LogP contribution in [0.4, 0.5) is 13.2 Å². The molecule has 112 valence electrons. The van der Waals surface area contributed by atoms with E-state index in [1.54, 1.807) is 12.3 Å². The van der Waals surface area contributed by atoms with Crippen LogP contribution in [0.25, 0.3) is 11.0 Å². The van der Waals surface area contributed by atoms with Crippen LogP contribution in [0.2, 0.25) is 0 Å². The minimum Gasteiger partial charge on any atom is -0.455 e. The minimum atomic E-state index is -4.35. The molecule has 3 rings (SSSR count). The van der Waals surface area contributed by atoms with Gasteiger partial charge in [0.05, 0.1) is 11.8 Å². The fourth-order valence-corrected chi connectivity index (χ4v) is 2.21. The molecule has 0 amide bonds. The van der Waals surface area contributed by atoms with Crippen molar-refractivity contribution in [3.05, 3.63) is 35.6 Å². The number of piperazine rings is 1. The Morgan fingerprint density at radius 2 is 1.95 bits per heavy atom. The van der Waals surface area contributed by atoms with Gasteiger partial charge < -0.3 is 9.73 Å². The molecule has 1 aliphatic rings. The van der Waals surface area contributed by atoms with Crippen molar-refractivity contribution in [2.45, 2.75) is 6.18 Å². The van der Waals surface area contributed by atoms with Gasteiger partial charge in [-0.1, -0.05) is 0 Å². The van der Waals surface area contributed by atoms with Crippen molar-refractivity contribution >= 4 is 17.2 Å². The van der Waals surface area contributed by atoms with Crippen molar-refractivity contribution in [1.29, 1.82) is 0 Å². The first-order valence-electron chi connectivity index (χ1n) is 6.63. The molecular formula is C14H14F3N3O. The quantitative estimate of drug-likeness (QED) is 0.867. The van der Waals surface area contributed by atoms with Gasteiger partial charge in [0.15, 0.2) is 0 Å². The van der Waals surface area contributed by atoms with Crippen molar-refractivity contribution in [3.63, 3.8) is 0 Å². The molecule has 21 heavy (non-hydrogen) atoms. The highest BCUT2D eigenvalue weighted by Gasteiger charge is 2.30. The van der Waals surface area contributed by atoms with Crippen LogP contribution in [0, 0.1) is 0 Å². The Balaban J connectivity index is 1.82. The lowest BCUT2D eigenvalue weighted by atomic mass is 10.1. The molecule has 1 fully saturated rings. The smallest absolute Gasteiger partial charge is 0.416 e. The molecule has 7 heteroatoms. The molecule has 1 saturated heterocycles. The number of hydrogen-bond acceptors (Lipinski definition) is 4. The van der Waals surface area contributed by atoms with Crippen LogP contribution in [-0.2, 0) is 6.18 Å². The van der Waals surface area contributed by atoms with Gasteiger partial charge in [-0.15, -0.1) is 0 Å². The van der Waals surface area contributed by atoms with Crippen molar-refractivity contribution in [2.24, 2.45) is 5.10 Å². The summed E-state index contributed by atoms with van der Waals surface area (Å²) in [6, 6.07) is 5.00. The number of nitrogens with zero attached hydrogens (tertiary/aromatic N) is 2. The average Bonchev–Trinajstić information content (AvgIpc) is 2.87. The number of hydrazone groups is 1. The summed E-state index contributed by atoms with van der Waals surface area (Å²) in [5, 5.41) is 9.80. The number of nitrogens with one attached hydrogen (secondary N) is 1. The number of rotatable bonds is 2. The van der Waals surface area contributed by atoms with Gasteiger partial charge in [-0.25, -0.2) is 0 Å².